The Labute approximate surface area is 88.9 Å². The van der Waals surface area contributed by atoms with E-state index in [0.717, 1.165) is 14.5 Å². The molecule has 0 aliphatic carbocycles. The molecule has 0 fully saturated rings. The molecule has 0 radical (unpaired) electrons. The summed E-state index contributed by atoms with van der Waals surface area (Å²) in [7, 11) is 0. The van der Waals surface area contributed by atoms with Crippen molar-refractivity contribution in [3.63, 3.8) is 0 Å². The van der Waals surface area contributed by atoms with Crippen molar-refractivity contribution in [1.29, 1.82) is 0 Å². The SMILES string of the molecule is NCC=Cc1c(Br)cccc1Br. The van der Waals surface area contributed by atoms with Crippen LogP contribution in [0.4, 0.5) is 0 Å². The first-order valence-corrected chi connectivity index (χ1v) is 5.15. The van der Waals surface area contributed by atoms with E-state index in [-0.39, 0.29) is 0 Å². The van der Waals surface area contributed by atoms with Crippen molar-refractivity contribution >= 4 is 37.9 Å². The zero-order chi connectivity index (χ0) is 8.97. The molecule has 0 spiro atoms. The molecule has 1 rings (SSSR count). The second-order valence-corrected chi connectivity index (χ2v) is 3.98. The molecule has 0 aliphatic rings. The number of nitrogens with two attached hydrogens (primary N) is 1. The van der Waals surface area contributed by atoms with Crippen molar-refractivity contribution in [2.45, 2.75) is 0 Å². The monoisotopic (exact) mass is 289 g/mol. The molecule has 1 aromatic carbocycles. The molecule has 0 unspecified atom stereocenters. The summed E-state index contributed by atoms with van der Waals surface area (Å²) in [6.45, 7) is 0.563. The summed E-state index contributed by atoms with van der Waals surface area (Å²) in [6, 6.07) is 5.98. The maximum atomic E-state index is 5.36. The van der Waals surface area contributed by atoms with Crippen LogP contribution in [0, 0.1) is 0 Å². The molecule has 0 aromatic heterocycles. The Hall–Kier alpha value is -0.120. The van der Waals surface area contributed by atoms with Gasteiger partial charge in [0.15, 0.2) is 0 Å². The van der Waals surface area contributed by atoms with Crippen LogP contribution >= 0.6 is 31.9 Å². The van der Waals surface area contributed by atoms with Gasteiger partial charge in [-0.1, -0.05) is 50.1 Å². The van der Waals surface area contributed by atoms with Crippen molar-refractivity contribution in [1.82, 2.24) is 0 Å². The van der Waals surface area contributed by atoms with Crippen molar-refractivity contribution in [3.8, 4) is 0 Å². The predicted octanol–water partition coefficient (Wildman–Crippen LogP) is 3.18. The Morgan fingerprint density at radius 1 is 1.25 bits per heavy atom. The molecule has 0 amide bonds. The molecule has 1 aromatic rings. The third-order valence-electron chi connectivity index (χ3n) is 1.42. The molecule has 2 N–H and O–H groups in total. The minimum atomic E-state index is 0.563. The maximum Gasteiger partial charge on any atom is 0.0258 e. The van der Waals surface area contributed by atoms with Gasteiger partial charge < -0.3 is 5.73 Å². The Kier molecular flexibility index (Phi) is 3.98. The third-order valence-corrected chi connectivity index (χ3v) is 2.80. The average molecular weight is 291 g/mol. The van der Waals surface area contributed by atoms with Crippen LogP contribution in [0.3, 0.4) is 0 Å². The van der Waals surface area contributed by atoms with Crippen molar-refractivity contribution < 1.29 is 0 Å². The molecule has 12 heavy (non-hydrogen) atoms. The van der Waals surface area contributed by atoms with Gasteiger partial charge in [0.05, 0.1) is 0 Å². The molecular formula is C9H9Br2N. The molecule has 0 saturated carbocycles. The van der Waals surface area contributed by atoms with Gasteiger partial charge in [-0.15, -0.1) is 0 Å². The lowest BCUT2D eigenvalue weighted by atomic mass is 10.2. The molecular weight excluding hydrogens is 282 g/mol. The van der Waals surface area contributed by atoms with E-state index < -0.39 is 0 Å². The minimum absolute atomic E-state index is 0.563. The Balaban J connectivity index is 3.04. The van der Waals surface area contributed by atoms with Gasteiger partial charge in [0.2, 0.25) is 0 Å². The van der Waals surface area contributed by atoms with Gasteiger partial charge in [0.1, 0.15) is 0 Å². The van der Waals surface area contributed by atoms with Crippen LogP contribution in [0.25, 0.3) is 6.08 Å². The van der Waals surface area contributed by atoms with Crippen LogP contribution in [-0.2, 0) is 0 Å². The maximum absolute atomic E-state index is 5.36. The quantitative estimate of drug-likeness (QED) is 0.889. The topological polar surface area (TPSA) is 26.0 Å². The lowest BCUT2D eigenvalue weighted by Crippen LogP contribution is -1.92. The first kappa shape index (κ1) is 9.96. The lowest BCUT2D eigenvalue weighted by molar-refractivity contribution is 1.26. The number of halogens is 2. The summed E-state index contributed by atoms with van der Waals surface area (Å²) in [5.41, 5.74) is 6.49. The molecule has 0 saturated heterocycles. The van der Waals surface area contributed by atoms with E-state index in [4.69, 9.17) is 5.73 Å². The van der Waals surface area contributed by atoms with E-state index >= 15 is 0 Å². The van der Waals surface area contributed by atoms with Crippen LogP contribution in [0.1, 0.15) is 5.56 Å². The normalized spacial score (nSPS) is 10.9. The smallest absolute Gasteiger partial charge is 0.0258 e. The van der Waals surface area contributed by atoms with E-state index in [1.165, 1.54) is 0 Å². The summed E-state index contributed by atoms with van der Waals surface area (Å²) in [5, 5.41) is 0. The zero-order valence-corrected chi connectivity index (χ0v) is 9.60. The van der Waals surface area contributed by atoms with Gasteiger partial charge in [-0.25, -0.2) is 0 Å². The summed E-state index contributed by atoms with van der Waals surface area (Å²) >= 11 is 6.91. The predicted molar refractivity (Wildman–Crippen MR) is 59.9 cm³/mol. The van der Waals surface area contributed by atoms with Gasteiger partial charge in [0.25, 0.3) is 0 Å². The molecule has 3 heteroatoms. The number of hydrogen-bond donors (Lipinski definition) is 1. The summed E-state index contributed by atoms with van der Waals surface area (Å²) in [4.78, 5) is 0. The lowest BCUT2D eigenvalue weighted by Gasteiger charge is -2.00. The summed E-state index contributed by atoms with van der Waals surface area (Å²) < 4.78 is 2.14. The van der Waals surface area contributed by atoms with Crippen molar-refractivity contribution in [2.24, 2.45) is 5.73 Å². The minimum Gasteiger partial charge on any atom is -0.327 e. The molecule has 64 valence electrons. The van der Waals surface area contributed by atoms with Gasteiger partial charge in [0, 0.05) is 21.1 Å². The van der Waals surface area contributed by atoms with E-state index in [0.29, 0.717) is 6.54 Å². The van der Waals surface area contributed by atoms with Crippen molar-refractivity contribution in [3.05, 3.63) is 38.8 Å². The number of hydrogen-bond acceptors (Lipinski definition) is 1. The highest BCUT2D eigenvalue weighted by Gasteiger charge is 1.98. The first-order chi connectivity index (χ1) is 5.75. The van der Waals surface area contributed by atoms with Gasteiger partial charge in [-0.3, -0.25) is 0 Å². The Bertz CT molecular complexity index is 274. The highest BCUT2D eigenvalue weighted by atomic mass is 79.9. The van der Waals surface area contributed by atoms with Gasteiger partial charge >= 0.3 is 0 Å². The molecule has 1 nitrogen and oxygen atoms in total. The number of rotatable bonds is 2. The third kappa shape index (κ3) is 2.44. The largest absolute Gasteiger partial charge is 0.327 e. The second-order valence-electron chi connectivity index (χ2n) is 2.27. The van der Waals surface area contributed by atoms with Gasteiger partial charge in [-0.05, 0) is 12.1 Å². The van der Waals surface area contributed by atoms with E-state index in [1.54, 1.807) is 0 Å². The fourth-order valence-electron chi connectivity index (χ4n) is 0.856. The number of benzene rings is 1. The highest BCUT2D eigenvalue weighted by molar-refractivity contribution is 9.11. The average Bonchev–Trinajstić information content (AvgIpc) is 2.04. The van der Waals surface area contributed by atoms with Gasteiger partial charge in [-0.2, -0.15) is 0 Å². The Morgan fingerprint density at radius 3 is 2.33 bits per heavy atom. The van der Waals surface area contributed by atoms with Crippen LogP contribution in [0.5, 0.6) is 0 Å². The van der Waals surface area contributed by atoms with Crippen LogP contribution < -0.4 is 5.73 Å². The van der Waals surface area contributed by atoms with E-state index in [2.05, 4.69) is 31.9 Å². The molecule has 0 bridgehead atoms. The zero-order valence-electron chi connectivity index (χ0n) is 6.43. The second kappa shape index (κ2) is 4.80. The highest BCUT2D eigenvalue weighted by Crippen LogP contribution is 2.25. The fraction of sp³-hybridized carbons (Fsp3) is 0.111. The van der Waals surface area contributed by atoms with Crippen molar-refractivity contribution in [2.75, 3.05) is 6.54 Å². The van der Waals surface area contributed by atoms with Crippen LogP contribution in [-0.4, -0.2) is 6.54 Å². The molecule has 0 atom stereocenters. The first-order valence-electron chi connectivity index (χ1n) is 3.56. The fourth-order valence-corrected chi connectivity index (χ4v) is 2.12. The molecule has 0 heterocycles. The van der Waals surface area contributed by atoms with Crippen LogP contribution in [0.15, 0.2) is 33.2 Å². The molecule has 0 aliphatic heterocycles. The summed E-state index contributed by atoms with van der Waals surface area (Å²) in [5.74, 6) is 0. The van der Waals surface area contributed by atoms with E-state index in [1.807, 2.05) is 30.4 Å². The summed E-state index contributed by atoms with van der Waals surface area (Å²) in [6.07, 6.45) is 3.92. The van der Waals surface area contributed by atoms with Crippen LogP contribution in [0.2, 0.25) is 0 Å². The Morgan fingerprint density at radius 2 is 1.83 bits per heavy atom. The standard InChI is InChI=1S/C9H9Br2N/c10-8-4-1-5-9(11)7(8)3-2-6-12/h1-5H,6,12H2. The van der Waals surface area contributed by atoms with E-state index in [9.17, 15) is 0 Å².